The maximum atomic E-state index is 12.2. The number of amides is 1. The van der Waals surface area contributed by atoms with Gasteiger partial charge in [-0.1, -0.05) is 0 Å². The first-order valence-corrected chi connectivity index (χ1v) is 6.26. The van der Waals surface area contributed by atoms with Gasteiger partial charge in [0.05, 0.1) is 6.20 Å². The van der Waals surface area contributed by atoms with Gasteiger partial charge in [0.15, 0.2) is 6.10 Å². The number of ether oxygens (including phenoxy) is 1. The van der Waals surface area contributed by atoms with Gasteiger partial charge in [-0.3, -0.25) is 9.78 Å². The maximum Gasteiger partial charge on any atom is 0.263 e. The van der Waals surface area contributed by atoms with Crippen molar-refractivity contribution in [3.05, 3.63) is 24.5 Å². The van der Waals surface area contributed by atoms with E-state index < -0.39 is 6.10 Å². The minimum Gasteiger partial charge on any atom is -0.479 e. The molecule has 98 valence electrons. The van der Waals surface area contributed by atoms with E-state index in [1.165, 1.54) is 0 Å². The molecule has 0 radical (unpaired) electrons. The lowest BCUT2D eigenvalue weighted by Gasteiger charge is -2.21. The van der Waals surface area contributed by atoms with Crippen LogP contribution in [-0.2, 0) is 4.79 Å². The van der Waals surface area contributed by atoms with Crippen molar-refractivity contribution in [1.29, 1.82) is 0 Å². The van der Waals surface area contributed by atoms with Gasteiger partial charge in [-0.25, -0.2) is 0 Å². The first kappa shape index (κ1) is 12.8. The van der Waals surface area contributed by atoms with E-state index >= 15 is 0 Å². The molecule has 2 atom stereocenters. The van der Waals surface area contributed by atoms with Gasteiger partial charge < -0.3 is 15.4 Å². The summed E-state index contributed by atoms with van der Waals surface area (Å²) in [7, 11) is 0. The molecule has 1 amide bonds. The van der Waals surface area contributed by atoms with Crippen molar-refractivity contribution in [2.45, 2.75) is 19.4 Å². The Labute approximate surface area is 107 Å². The highest BCUT2D eigenvalue weighted by atomic mass is 16.5. The highest BCUT2D eigenvalue weighted by Crippen LogP contribution is 2.17. The first-order valence-electron chi connectivity index (χ1n) is 6.26. The zero-order chi connectivity index (χ0) is 13.0. The van der Waals surface area contributed by atoms with E-state index in [1.54, 1.807) is 31.5 Å². The number of carbonyl (C=O) groups is 1. The third kappa shape index (κ3) is 2.98. The molecular formula is C13H19N3O2. The number of aromatic nitrogens is 1. The highest BCUT2D eigenvalue weighted by molar-refractivity contribution is 5.81. The minimum absolute atomic E-state index is 0.0230. The zero-order valence-electron chi connectivity index (χ0n) is 10.6. The van der Waals surface area contributed by atoms with E-state index in [-0.39, 0.29) is 5.91 Å². The van der Waals surface area contributed by atoms with Crippen LogP contribution in [0.25, 0.3) is 0 Å². The summed E-state index contributed by atoms with van der Waals surface area (Å²) in [6.45, 7) is 3.93. The molecule has 0 bridgehead atoms. The average molecular weight is 249 g/mol. The number of nitrogens with zero attached hydrogens (tertiary/aromatic N) is 2. The van der Waals surface area contributed by atoms with Crippen LogP contribution in [0.5, 0.6) is 5.75 Å². The topological polar surface area (TPSA) is 68.5 Å². The van der Waals surface area contributed by atoms with Crippen LogP contribution < -0.4 is 10.5 Å². The van der Waals surface area contributed by atoms with Gasteiger partial charge in [-0.2, -0.15) is 0 Å². The van der Waals surface area contributed by atoms with E-state index in [0.717, 1.165) is 19.5 Å². The molecule has 0 saturated carbocycles. The molecule has 1 aromatic heterocycles. The molecule has 0 unspecified atom stereocenters. The van der Waals surface area contributed by atoms with Crippen molar-refractivity contribution in [2.75, 3.05) is 19.6 Å². The van der Waals surface area contributed by atoms with Crippen LogP contribution in [0.15, 0.2) is 24.5 Å². The molecule has 5 heteroatoms. The molecule has 1 aliphatic heterocycles. The Morgan fingerprint density at radius 3 is 3.17 bits per heavy atom. The van der Waals surface area contributed by atoms with Crippen molar-refractivity contribution in [1.82, 2.24) is 9.88 Å². The summed E-state index contributed by atoms with van der Waals surface area (Å²) in [4.78, 5) is 17.9. The summed E-state index contributed by atoms with van der Waals surface area (Å²) in [5, 5.41) is 0. The fourth-order valence-corrected chi connectivity index (χ4v) is 2.15. The van der Waals surface area contributed by atoms with Gasteiger partial charge in [0, 0.05) is 19.3 Å². The lowest BCUT2D eigenvalue weighted by Crippen LogP contribution is -2.39. The fourth-order valence-electron chi connectivity index (χ4n) is 2.15. The average Bonchev–Trinajstić information content (AvgIpc) is 2.87. The van der Waals surface area contributed by atoms with E-state index in [4.69, 9.17) is 10.5 Å². The molecule has 2 rings (SSSR count). The van der Waals surface area contributed by atoms with Crippen molar-refractivity contribution in [3.8, 4) is 5.75 Å². The molecule has 1 fully saturated rings. The van der Waals surface area contributed by atoms with Gasteiger partial charge in [0.2, 0.25) is 0 Å². The van der Waals surface area contributed by atoms with Crippen LogP contribution in [0.4, 0.5) is 0 Å². The van der Waals surface area contributed by atoms with E-state index in [9.17, 15) is 4.79 Å². The Balaban J connectivity index is 1.89. The highest BCUT2D eigenvalue weighted by Gasteiger charge is 2.29. The maximum absolute atomic E-state index is 12.2. The number of carbonyl (C=O) groups excluding carboxylic acids is 1. The Morgan fingerprint density at radius 1 is 1.72 bits per heavy atom. The Bertz CT molecular complexity index is 396. The largest absolute Gasteiger partial charge is 0.479 e. The van der Waals surface area contributed by atoms with E-state index in [2.05, 4.69) is 4.98 Å². The smallest absolute Gasteiger partial charge is 0.263 e. The Morgan fingerprint density at radius 2 is 2.56 bits per heavy atom. The molecule has 1 aliphatic rings. The number of nitrogens with two attached hydrogens (primary N) is 1. The first-order chi connectivity index (χ1) is 8.70. The van der Waals surface area contributed by atoms with Crippen LogP contribution in [0, 0.1) is 5.92 Å². The van der Waals surface area contributed by atoms with Crippen LogP contribution in [-0.4, -0.2) is 41.5 Å². The molecule has 1 saturated heterocycles. The third-order valence-corrected chi connectivity index (χ3v) is 3.23. The number of pyridine rings is 1. The van der Waals surface area contributed by atoms with Crippen molar-refractivity contribution >= 4 is 5.91 Å². The predicted molar refractivity (Wildman–Crippen MR) is 68.1 cm³/mol. The van der Waals surface area contributed by atoms with Gasteiger partial charge in [-0.15, -0.1) is 0 Å². The van der Waals surface area contributed by atoms with Crippen LogP contribution >= 0.6 is 0 Å². The van der Waals surface area contributed by atoms with Gasteiger partial charge in [-0.05, 0) is 37.9 Å². The predicted octanol–water partition coefficient (Wildman–Crippen LogP) is 0.656. The summed E-state index contributed by atoms with van der Waals surface area (Å²) < 4.78 is 5.57. The monoisotopic (exact) mass is 249 g/mol. The fraction of sp³-hybridized carbons (Fsp3) is 0.538. The normalized spacial score (nSPS) is 20.8. The lowest BCUT2D eigenvalue weighted by atomic mass is 10.1. The molecule has 18 heavy (non-hydrogen) atoms. The summed E-state index contributed by atoms with van der Waals surface area (Å²) in [6.07, 6.45) is 3.79. The van der Waals surface area contributed by atoms with Gasteiger partial charge in [0.25, 0.3) is 5.91 Å². The van der Waals surface area contributed by atoms with E-state index in [1.807, 2.05) is 4.90 Å². The SMILES string of the molecule is C[C@H](Oc1cccnc1)C(=O)N1CC[C@@H](CN)C1. The molecule has 0 aliphatic carbocycles. The molecule has 0 aromatic carbocycles. The molecule has 1 aromatic rings. The van der Waals surface area contributed by atoms with Crippen LogP contribution in [0.3, 0.4) is 0 Å². The number of likely N-dealkylation sites (tertiary alicyclic amines) is 1. The molecule has 5 nitrogen and oxygen atoms in total. The van der Waals surface area contributed by atoms with Gasteiger partial charge in [0.1, 0.15) is 5.75 Å². The Hall–Kier alpha value is -1.62. The van der Waals surface area contributed by atoms with Crippen LogP contribution in [0.1, 0.15) is 13.3 Å². The molecular weight excluding hydrogens is 230 g/mol. The summed E-state index contributed by atoms with van der Waals surface area (Å²) in [6, 6.07) is 3.58. The number of rotatable bonds is 4. The van der Waals surface area contributed by atoms with E-state index in [0.29, 0.717) is 18.2 Å². The standard InChI is InChI=1S/C13H19N3O2/c1-10(18-12-3-2-5-15-8-12)13(17)16-6-4-11(7-14)9-16/h2-3,5,8,10-11H,4,6-7,9,14H2,1H3/t10-,11-/m0/s1. The summed E-state index contributed by atoms with van der Waals surface area (Å²) in [5.74, 6) is 1.07. The lowest BCUT2D eigenvalue weighted by molar-refractivity contribution is -0.137. The van der Waals surface area contributed by atoms with Crippen LogP contribution in [0.2, 0.25) is 0 Å². The second-order valence-electron chi connectivity index (χ2n) is 4.62. The quantitative estimate of drug-likeness (QED) is 0.851. The second kappa shape index (κ2) is 5.82. The minimum atomic E-state index is -0.481. The Kier molecular flexibility index (Phi) is 4.15. The van der Waals surface area contributed by atoms with Crippen molar-refractivity contribution in [3.63, 3.8) is 0 Å². The van der Waals surface area contributed by atoms with Crippen molar-refractivity contribution < 1.29 is 9.53 Å². The summed E-state index contributed by atoms with van der Waals surface area (Å²) >= 11 is 0. The molecule has 2 heterocycles. The zero-order valence-corrected chi connectivity index (χ0v) is 10.6. The van der Waals surface area contributed by atoms with Gasteiger partial charge >= 0.3 is 0 Å². The summed E-state index contributed by atoms with van der Waals surface area (Å²) in [5.41, 5.74) is 5.62. The molecule has 2 N–H and O–H groups in total. The molecule has 0 spiro atoms. The van der Waals surface area contributed by atoms with Crippen molar-refractivity contribution in [2.24, 2.45) is 11.7 Å². The number of hydrogen-bond acceptors (Lipinski definition) is 4. The second-order valence-corrected chi connectivity index (χ2v) is 4.62. The third-order valence-electron chi connectivity index (χ3n) is 3.23. The number of hydrogen-bond donors (Lipinski definition) is 1.